The van der Waals surface area contributed by atoms with Gasteiger partial charge >= 0.3 is 0 Å². The molecule has 0 saturated carbocycles. The Bertz CT molecular complexity index is 1260. The minimum atomic E-state index is -0.262. The first-order valence-electron chi connectivity index (χ1n) is 12.2. The first kappa shape index (κ1) is 22.7. The van der Waals surface area contributed by atoms with Gasteiger partial charge in [-0.1, -0.05) is 26.8 Å². The van der Waals surface area contributed by atoms with Crippen molar-refractivity contribution in [1.29, 1.82) is 0 Å². The van der Waals surface area contributed by atoms with E-state index < -0.39 is 0 Å². The molecular formula is C28H34FN5. The Morgan fingerprint density at radius 2 is 2.00 bits per heavy atom. The van der Waals surface area contributed by atoms with Crippen LogP contribution in [0, 0.1) is 11.7 Å². The molecule has 0 bridgehead atoms. The molecule has 0 saturated heterocycles. The monoisotopic (exact) mass is 459 g/mol. The third kappa shape index (κ3) is 4.47. The summed E-state index contributed by atoms with van der Waals surface area (Å²) in [6.45, 7) is 11.6. The Balaban J connectivity index is 0.00000289. The quantitative estimate of drug-likeness (QED) is 0.436. The van der Waals surface area contributed by atoms with Crippen molar-refractivity contribution in [2.24, 2.45) is 10.9 Å². The van der Waals surface area contributed by atoms with Gasteiger partial charge in [0.05, 0.1) is 0 Å². The predicted molar refractivity (Wildman–Crippen MR) is 139 cm³/mol. The van der Waals surface area contributed by atoms with Crippen LogP contribution in [0.2, 0.25) is 0 Å². The van der Waals surface area contributed by atoms with Crippen LogP contribution in [-0.2, 0) is 13.0 Å². The molecule has 2 aromatic heterocycles. The summed E-state index contributed by atoms with van der Waals surface area (Å²) < 4.78 is 15.0. The van der Waals surface area contributed by atoms with E-state index in [2.05, 4.69) is 53.1 Å². The molecule has 5 rings (SSSR count). The number of anilines is 2. The van der Waals surface area contributed by atoms with E-state index in [9.17, 15) is 0 Å². The molecule has 6 heteroatoms. The summed E-state index contributed by atoms with van der Waals surface area (Å²) in [4.78, 5) is 16.3. The summed E-state index contributed by atoms with van der Waals surface area (Å²) in [5.41, 5.74) is 6.70. The highest BCUT2D eigenvalue weighted by molar-refractivity contribution is 5.97. The molecule has 5 nitrogen and oxygen atoms in total. The summed E-state index contributed by atoms with van der Waals surface area (Å²) in [6.07, 6.45) is 3.68. The van der Waals surface area contributed by atoms with Gasteiger partial charge in [-0.25, -0.2) is 14.4 Å². The molecule has 2 aliphatic heterocycles. The van der Waals surface area contributed by atoms with Crippen molar-refractivity contribution < 1.29 is 5.82 Å². The van der Waals surface area contributed by atoms with Gasteiger partial charge in [-0.3, -0.25) is 9.89 Å². The van der Waals surface area contributed by atoms with Gasteiger partial charge in [-0.2, -0.15) is 0 Å². The van der Waals surface area contributed by atoms with Crippen molar-refractivity contribution in [1.82, 2.24) is 14.9 Å². The first-order chi connectivity index (χ1) is 16.4. The van der Waals surface area contributed by atoms with E-state index in [0.717, 1.165) is 66.4 Å². The number of benzene rings is 1. The van der Waals surface area contributed by atoms with Crippen molar-refractivity contribution in [3.05, 3.63) is 65.2 Å². The molecule has 3 aromatic rings. The molecule has 1 atom stereocenters. The second kappa shape index (κ2) is 9.26. The number of hydrogen-bond donors (Lipinski definition) is 1. The van der Waals surface area contributed by atoms with E-state index >= 15 is 4.39 Å². The van der Waals surface area contributed by atoms with Crippen LogP contribution in [0.1, 0.15) is 58.3 Å². The Labute approximate surface area is 202 Å². The Kier molecular flexibility index (Phi) is 6.17. The zero-order valence-electron chi connectivity index (χ0n) is 20.4. The molecule has 0 radical (unpaired) electrons. The summed E-state index contributed by atoms with van der Waals surface area (Å²) in [7, 11) is 0. The average molecular weight is 460 g/mol. The second-order valence-corrected chi connectivity index (χ2v) is 9.81. The molecule has 1 unspecified atom stereocenters. The average Bonchev–Trinajstić information content (AvgIpc) is 3.14. The summed E-state index contributed by atoms with van der Waals surface area (Å²) >= 11 is 0. The van der Waals surface area contributed by atoms with Crippen LogP contribution in [-0.4, -0.2) is 33.7 Å². The van der Waals surface area contributed by atoms with Crippen molar-refractivity contribution in [2.75, 3.05) is 18.4 Å². The fourth-order valence-electron chi connectivity index (χ4n) is 5.04. The van der Waals surface area contributed by atoms with Gasteiger partial charge in [0, 0.05) is 44.5 Å². The van der Waals surface area contributed by atoms with Crippen LogP contribution in [0.5, 0.6) is 0 Å². The van der Waals surface area contributed by atoms with E-state index in [-0.39, 0.29) is 13.2 Å². The van der Waals surface area contributed by atoms with Crippen molar-refractivity contribution in [3.63, 3.8) is 0 Å². The first-order valence-corrected chi connectivity index (χ1v) is 12.2. The van der Waals surface area contributed by atoms with Gasteiger partial charge in [0.1, 0.15) is 23.1 Å². The second-order valence-electron chi connectivity index (χ2n) is 9.81. The van der Waals surface area contributed by atoms with Gasteiger partial charge < -0.3 is 5.32 Å². The van der Waals surface area contributed by atoms with Gasteiger partial charge in [-0.15, -0.1) is 0 Å². The fourth-order valence-corrected chi connectivity index (χ4v) is 5.04. The number of aromatic nitrogens is 2. The Hall–Kier alpha value is -3.12. The highest BCUT2D eigenvalue weighted by Gasteiger charge is 2.28. The zero-order chi connectivity index (χ0) is 23.8. The molecule has 0 amide bonds. The van der Waals surface area contributed by atoms with Gasteiger partial charge in [0.25, 0.3) is 0 Å². The lowest BCUT2D eigenvalue weighted by molar-refractivity contribution is 0.266. The Morgan fingerprint density at radius 1 is 1.15 bits per heavy atom. The maximum atomic E-state index is 15.0. The van der Waals surface area contributed by atoms with E-state index in [1.807, 2.05) is 25.1 Å². The van der Waals surface area contributed by atoms with Crippen LogP contribution in [0.4, 0.5) is 21.7 Å². The van der Waals surface area contributed by atoms with Crippen LogP contribution >= 0.6 is 0 Å². The minimum absolute atomic E-state index is 0. The van der Waals surface area contributed by atoms with Crippen LogP contribution < -0.4 is 5.32 Å². The van der Waals surface area contributed by atoms with Crippen molar-refractivity contribution >= 4 is 23.0 Å². The molecular weight excluding hydrogens is 425 g/mol. The summed E-state index contributed by atoms with van der Waals surface area (Å²) in [6, 6.07) is 11.7. The lowest BCUT2D eigenvalue weighted by Gasteiger charge is -2.27. The SMILES string of the molecule is CCN1CCc2nc(Nc3cc(-c4cc(F)c5c(c4)C(CC(C)C)C(C)=N5)ccn3)ccc2C1.[HH]. The number of halogens is 1. The van der Waals surface area contributed by atoms with Gasteiger partial charge in [0.2, 0.25) is 0 Å². The fraction of sp³-hybridized carbons (Fsp3) is 0.393. The van der Waals surface area contributed by atoms with E-state index in [1.54, 1.807) is 12.3 Å². The molecule has 0 fully saturated rings. The number of pyridine rings is 2. The smallest absolute Gasteiger partial charge is 0.149 e. The molecule has 4 heterocycles. The standard InChI is InChI=1S/C28H32FN5.H2/c1-5-34-11-9-25-20(16-34)6-7-26(32-25)33-27-15-19(8-10-30-27)21-13-23-22(12-17(2)3)18(4)31-28(23)24(29)14-21;/h6-8,10,13-15,17,22H,5,9,11-12,16H2,1-4H3,(H,30,32,33);1H. The van der Waals surface area contributed by atoms with E-state index in [1.165, 1.54) is 5.56 Å². The number of likely N-dealkylation sites (N-methyl/N-ethyl adjacent to an activating group) is 1. The van der Waals surface area contributed by atoms with Gasteiger partial charge in [-0.05, 0) is 78.4 Å². The van der Waals surface area contributed by atoms with Crippen molar-refractivity contribution in [2.45, 2.75) is 53.0 Å². The number of nitrogens with zero attached hydrogens (tertiary/aromatic N) is 4. The molecule has 0 spiro atoms. The minimum Gasteiger partial charge on any atom is -0.325 e. The highest BCUT2D eigenvalue weighted by Crippen LogP contribution is 2.43. The van der Waals surface area contributed by atoms with E-state index in [0.29, 0.717) is 17.4 Å². The summed E-state index contributed by atoms with van der Waals surface area (Å²) in [5.74, 6) is 1.91. The molecule has 1 N–H and O–H groups in total. The van der Waals surface area contributed by atoms with Crippen LogP contribution in [0.15, 0.2) is 47.6 Å². The number of aliphatic imine (C=N–C) groups is 1. The largest absolute Gasteiger partial charge is 0.325 e. The molecule has 34 heavy (non-hydrogen) atoms. The van der Waals surface area contributed by atoms with Crippen LogP contribution in [0.3, 0.4) is 0 Å². The third-order valence-electron chi connectivity index (χ3n) is 6.89. The lowest BCUT2D eigenvalue weighted by Crippen LogP contribution is -2.30. The third-order valence-corrected chi connectivity index (χ3v) is 6.89. The number of nitrogens with one attached hydrogen (secondary N) is 1. The van der Waals surface area contributed by atoms with Crippen LogP contribution in [0.25, 0.3) is 11.1 Å². The highest BCUT2D eigenvalue weighted by atomic mass is 19.1. The molecule has 0 aliphatic carbocycles. The Morgan fingerprint density at radius 3 is 2.79 bits per heavy atom. The predicted octanol–water partition coefficient (Wildman–Crippen LogP) is 6.89. The number of fused-ring (bicyclic) bond motifs is 2. The molecule has 1 aromatic carbocycles. The normalized spacial score (nSPS) is 17.5. The molecule has 2 aliphatic rings. The maximum Gasteiger partial charge on any atom is 0.149 e. The number of hydrogen-bond acceptors (Lipinski definition) is 5. The molecule has 178 valence electrons. The number of rotatable bonds is 6. The topological polar surface area (TPSA) is 53.4 Å². The zero-order valence-corrected chi connectivity index (χ0v) is 20.4. The summed E-state index contributed by atoms with van der Waals surface area (Å²) in [5, 5.41) is 3.35. The maximum absolute atomic E-state index is 15.0. The van der Waals surface area contributed by atoms with Crippen molar-refractivity contribution in [3.8, 4) is 11.1 Å². The van der Waals surface area contributed by atoms with E-state index in [4.69, 9.17) is 4.98 Å². The van der Waals surface area contributed by atoms with Gasteiger partial charge in [0.15, 0.2) is 0 Å². The lowest BCUT2D eigenvalue weighted by atomic mass is 9.87.